The predicted molar refractivity (Wildman–Crippen MR) is 78.6 cm³/mol. The minimum atomic E-state index is -0.548. The summed E-state index contributed by atoms with van der Waals surface area (Å²) in [6, 6.07) is 6.22. The molecule has 1 aliphatic carbocycles. The number of methoxy groups -OCH3 is 1. The average Bonchev–Trinajstić information content (AvgIpc) is 2.39. The van der Waals surface area contributed by atoms with Crippen LogP contribution in [0.1, 0.15) is 50.2 Å². The van der Waals surface area contributed by atoms with Gasteiger partial charge in [0, 0.05) is 6.42 Å². The standard InChI is InChI=1S/C17H26O2/c1-4-15-7-5-6-10-17(15,18)12-14-11-13(2)8-9-16(14)19-3/h8-9,11,15,18H,4-7,10,12H2,1-3H3. The summed E-state index contributed by atoms with van der Waals surface area (Å²) >= 11 is 0. The molecule has 1 aromatic carbocycles. The summed E-state index contributed by atoms with van der Waals surface area (Å²) in [5.41, 5.74) is 1.82. The van der Waals surface area contributed by atoms with Gasteiger partial charge < -0.3 is 9.84 Å². The van der Waals surface area contributed by atoms with Gasteiger partial charge in [0.05, 0.1) is 12.7 Å². The van der Waals surface area contributed by atoms with E-state index in [4.69, 9.17) is 4.74 Å². The van der Waals surface area contributed by atoms with Gasteiger partial charge in [-0.25, -0.2) is 0 Å². The van der Waals surface area contributed by atoms with Crippen LogP contribution in [0.5, 0.6) is 5.75 Å². The van der Waals surface area contributed by atoms with Crippen molar-refractivity contribution in [1.29, 1.82) is 0 Å². The van der Waals surface area contributed by atoms with Crippen LogP contribution in [0.25, 0.3) is 0 Å². The van der Waals surface area contributed by atoms with Gasteiger partial charge in [0.25, 0.3) is 0 Å². The number of hydrogen-bond donors (Lipinski definition) is 1. The molecule has 2 rings (SSSR count). The molecule has 0 amide bonds. The zero-order chi connectivity index (χ0) is 13.9. The van der Waals surface area contributed by atoms with Crippen LogP contribution in [0, 0.1) is 12.8 Å². The Hall–Kier alpha value is -1.02. The molecule has 1 N–H and O–H groups in total. The molecule has 1 aliphatic rings. The van der Waals surface area contributed by atoms with Crippen LogP contribution in [0.3, 0.4) is 0 Å². The molecule has 0 spiro atoms. The summed E-state index contributed by atoms with van der Waals surface area (Å²) in [6.07, 6.45) is 6.25. The molecule has 0 aliphatic heterocycles. The lowest BCUT2D eigenvalue weighted by Crippen LogP contribution is -2.42. The van der Waals surface area contributed by atoms with Gasteiger partial charge in [0.1, 0.15) is 5.75 Å². The van der Waals surface area contributed by atoms with Crippen molar-refractivity contribution in [3.05, 3.63) is 29.3 Å². The Labute approximate surface area is 116 Å². The molecule has 0 radical (unpaired) electrons. The van der Waals surface area contributed by atoms with E-state index in [2.05, 4.69) is 26.0 Å². The second-order valence-electron chi connectivity index (χ2n) is 5.95. The summed E-state index contributed by atoms with van der Waals surface area (Å²) < 4.78 is 5.44. The molecule has 0 heterocycles. The van der Waals surface area contributed by atoms with Gasteiger partial charge in [-0.2, -0.15) is 0 Å². The third-order valence-electron chi connectivity index (χ3n) is 4.60. The van der Waals surface area contributed by atoms with E-state index in [-0.39, 0.29) is 0 Å². The van der Waals surface area contributed by atoms with Crippen LogP contribution in [-0.2, 0) is 6.42 Å². The molecule has 1 fully saturated rings. The Morgan fingerprint density at radius 1 is 1.37 bits per heavy atom. The number of benzene rings is 1. The molecule has 106 valence electrons. The fourth-order valence-electron chi connectivity index (χ4n) is 3.49. The summed E-state index contributed by atoms with van der Waals surface area (Å²) in [6.45, 7) is 4.28. The van der Waals surface area contributed by atoms with E-state index in [0.29, 0.717) is 5.92 Å². The lowest BCUT2D eigenvalue weighted by atomic mass is 9.71. The maximum absolute atomic E-state index is 11.0. The van der Waals surface area contributed by atoms with Gasteiger partial charge in [-0.3, -0.25) is 0 Å². The second kappa shape index (κ2) is 5.96. The van der Waals surface area contributed by atoms with E-state index in [1.54, 1.807) is 7.11 Å². The van der Waals surface area contributed by atoms with Gasteiger partial charge in [0.2, 0.25) is 0 Å². The van der Waals surface area contributed by atoms with Crippen LogP contribution >= 0.6 is 0 Å². The van der Waals surface area contributed by atoms with Gasteiger partial charge in [-0.1, -0.05) is 43.9 Å². The zero-order valence-electron chi connectivity index (χ0n) is 12.4. The summed E-state index contributed by atoms with van der Waals surface area (Å²) in [5, 5.41) is 11.0. The minimum Gasteiger partial charge on any atom is -0.496 e. The van der Waals surface area contributed by atoms with Crippen molar-refractivity contribution in [3.8, 4) is 5.75 Å². The Balaban J connectivity index is 2.25. The van der Waals surface area contributed by atoms with Gasteiger partial charge >= 0.3 is 0 Å². The van der Waals surface area contributed by atoms with Crippen LogP contribution in [-0.4, -0.2) is 17.8 Å². The molecular weight excluding hydrogens is 236 g/mol. The second-order valence-corrected chi connectivity index (χ2v) is 5.95. The molecule has 2 nitrogen and oxygen atoms in total. The third-order valence-corrected chi connectivity index (χ3v) is 4.60. The maximum atomic E-state index is 11.0. The number of aryl methyl sites for hydroxylation is 1. The SMILES string of the molecule is CCC1CCCCC1(O)Cc1cc(C)ccc1OC. The molecule has 0 bridgehead atoms. The van der Waals surface area contributed by atoms with Gasteiger partial charge in [-0.05, 0) is 37.3 Å². The van der Waals surface area contributed by atoms with Crippen molar-refractivity contribution in [2.45, 2.75) is 58.0 Å². The van der Waals surface area contributed by atoms with Crippen molar-refractivity contribution in [2.24, 2.45) is 5.92 Å². The Morgan fingerprint density at radius 2 is 2.16 bits per heavy atom. The molecule has 19 heavy (non-hydrogen) atoms. The normalized spacial score (nSPS) is 27.3. The van der Waals surface area contributed by atoms with Crippen LogP contribution in [0.2, 0.25) is 0 Å². The highest BCUT2D eigenvalue weighted by Gasteiger charge is 2.38. The van der Waals surface area contributed by atoms with Crippen molar-refractivity contribution in [3.63, 3.8) is 0 Å². The lowest BCUT2D eigenvalue weighted by molar-refractivity contribution is -0.0494. The molecule has 2 unspecified atom stereocenters. The van der Waals surface area contributed by atoms with E-state index < -0.39 is 5.60 Å². The first-order valence-corrected chi connectivity index (χ1v) is 7.45. The number of ether oxygens (including phenoxy) is 1. The Kier molecular flexibility index (Phi) is 4.51. The van der Waals surface area contributed by atoms with Crippen molar-refractivity contribution < 1.29 is 9.84 Å². The quantitative estimate of drug-likeness (QED) is 0.892. The first-order valence-electron chi connectivity index (χ1n) is 7.45. The van der Waals surface area contributed by atoms with E-state index in [1.165, 1.54) is 12.0 Å². The van der Waals surface area contributed by atoms with Crippen LogP contribution in [0.15, 0.2) is 18.2 Å². The average molecular weight is 262 g/mol. The highest BCUT2D eigenvalue weighted by atomic mass is 16.5. The summed E-state index contributed by atoms with van der Waals surface area (Å²) in [4.78, 5) is 0. The first-order chi connectivity index (χ1) is 9.09. The molecule has 0 saturated heterocycles. The van der Waals surface area contributed by atoms with Crippen molar-refractivity contribution in [1.82, 2.24) is 0 Å². The molecule has 2 heteroatoms. The topological polar surface area (TPSA) is 29.5 Å². The molecule has 0 aromatic heterocycles. The summed E-state index contributed by atoms with van der Waals surface area (Å²) in [7, 11) is 1.70. The monoisotopic (exact) mass is 262 g/mol. The Bertz CT molecular complexity index is 427. The van der Waals surface area contributed by atoms with Gasteiger partial charge in [0.15, 0.2) is 0 Å². The highest BCUT2D eigenvalue weighted by Crippen LogP contribution is 2.39. The fraction of sp³-hybridized carbons (Fsp3) is 0.647. The lowest BCUT2D eigenvalue weighted by Gasteiger charge is -2.40. The van der Waals surface area contributed by atoms with Crippen molar-refractivity contribution >= 4 is 0 Å². The molecule has 2 atom stereocenters. The molecular formula is C17H26O2. The number of aliphatic hydroxyl groups is 1. The largest absolute Gasteiger partial charge is 0.496 e. The van der Waals surface area contributed by atoms with E-state index in [9.17, 15) is 5.11 Å². The van der Waals surface area contributed by atoms with E-state index in [1.807, 2.05) is 6.07 Å². The van der Waals surface area contributed by atoms with Crippen molar-refractivity contribution in [2.75, 3.05) is 7.11 Å². The maximum Gasteiger partial charge on any atom is 0.122 e. The molecule has 1 saturated carbocycles. The minimum absolute atomic E-state index is 0.423. The number of hydrogen-bond acceptors (Lipinski definition) is 2. The first kappa shape index (κ1) is 14.4. The van der Waals surface area contributed by atoms with E-state index >= 15 is 0 Å². The Morgan fingerprint density at radius 3 is 2.84 bits per heavy atom. The highest BCUT2D eigenvalue weighted by molar-refractivity contribution is 5.38. The fourth-order valence-corrected chi connectivity index (χ4v) is 3.49. The summed E-state index contributed by atoms with van der Waals surface area (Å²) in [5.74, 6) is 1.32. The smallest absolute Gasteiger partial charge is 0.122 e. The van der Waals surface area contributed by atoms with Gasteiger partial charge in [-0.15, -0.1) is 0 Å². The predicted octanol–water partition coefficient (Wildman–Crippen LogP) is 3.88. The van der Waals surface area contributed by atoms with Crippen LogP contribution in [0.4, 0.5) is 0 Å². The van der Waals surface area contributed by atoms with E-state index in [0.717, 1.165) is 43.4 Å². The number of rotatable bonds is 4. The van der Waals surface area contributed by atoms with Crippen LogP contribution < -0.4 is 4.74 Å². The zero-order valence-corrected chi connectivity index (χ0v) is 12.4. The molecule has 1 aromatic rings. The third kappa shape index (κ3) is 3.11.